The van der Waals surface area contributed by atoms with Crippen LogP contribution in [0.2, 0.25) is 0 Å². The summed E-state index contributed by atoms with van der Waals surface area (Å²) >= 11 is 0. The van der Waals surface area contributed by atoms with Gasteiger partial charge in [-0.3, -0.25) is 0 Å². The third-order valence-electron chi connectivity index (χ3n) is 4.76. The van der Waals surface area contributed by atoms with Crippen molar-refractivity contribution in [3.05, 3.63) is 60.2 Å². The zero-order valence-corrected chi connectivity index (χ0v) is 14.1. The molecule has 23 heavy (non-hydrogen) atoms. The van der Waals surface area contributed by atoms with Crippen LogP contribution in [0.4, 0.5) is 0 Å². The summed E-state index contributed by atoms with van der Waals surface area (Å²) in [5, 5.41) is 13.7. The Balaban J connectivity index is 1.61. The Bertz CT molecular complexity index is 605. The number of aliphatic hydroxyl groups is 1. The minimum atomic E-state index is -0.203. The van der Waals surface area contributed by atoms with E-state index in [4.69, 9.17) is 0 Å². The number of rotatable bonds is 5. The molecule has 0 aromatic heterocycles. The van der Waals surface area contributed by atoms with E-state index in [9.17, 15) is 5.11 Å². The van der Waals surface area contributed by atoms with Gasteiger partial charge in [-0.1, -0.05) is 68.4 Å². The lowest BCUT2D eigenvalue weighted by molar-refractivity contribution is 0.143. The zero-order valence-electron chi connectivity index (χ0n) is 14.1. The fourth-order valence-electron chi connectivity index (χ4n) is 3.69. The van der Waals surface area contributed by atoms with Crippen LogP contribution in [0.3, 0.4) is 0 Å². The second-order valence-electron chi connectivity index (χ2n) is 7.10. The van der Waals surface area contributed by atoms with Gasteiger partial charge in [0.1, 0.15) is 0 Å². The van der Waals surface area contributed by atoms with Crippen LogP contribution in [-0.2, 0) is 6.42 Å². The Hall–Kier alpha value is -1.64. The summed E-state index contributed by atoms with van der Waals surface area (Å²) in [6.45, 7) is 4.28. The van der Waals surface area contributed by atoms with E-state index >= 15 is 0 Å². The van der Waals surface area contributed by atoms with Crippen LogP contribution in [0.15, 0.2) is 54.6 Å². The maximum atomic E-state index is 10.2. The van der Waals surface area contributed by atoms with Gasteiger partial charge in [0.2, 0.25) is 0 Å². The minimum absolute atomic E-state index is 0.203. The molecule has 1 aliphatic carbocycles. The SMILES string of the molecule is CC(C)N[C@@H]1C[C@H](Cc2ccc(-c3ccccc3)cc2)C[C@H]1O. The molecule has 0 unspecified atom stereocenters. The van der Waals surface area contributed by atoms with Gasteiger partial charge in [0, 0.05) is 12.1 Å². The first-order chi connectivity index (χ1) is 11.1. The zero-order chi connectivity index (χ0) is 16.2. The summed E-state index contributed by atoms with van der Waals surface area (Å²) in [5.74, 6) is 0.573. The van der Waals surface area contributed by atoms with Crippen LogP contribution in [0.5, 0.6) is 0 Å². The third kappa shape index (κ3) is 4.21. The predicted molar refractivity (Wildman–Crippen MR) is 96.4 cm³/mol. The van der Waals surface area contributed by atoms with Crippen LogP contribution in [-0.4, -0.2) is 23.3 Å². The van der Waals surface area contributed by atoms with Gasteiger partial charge >= 0.3 is 0 Å². The van der Waals surface area contributed by atoms with Crippen molar-refractivity contribution in [1.82, 2.24) is 5.32 Å². The Morgan fingerprint density at radius 2 is 1.61 bits per heavy atom. The fraction of sp³-hybridized carbons (Fsp3) is 0.429. The Morgan fingerprint density at radius 3 is 2.26 bits per heavy atom. The molecule has 1 saturated carbocycles. The Labute approximate surface area is 139 Å². The highest BCUT2D eigenvalue weighted by Gasteiger charge is 2.32. The first-order valence-corrected chi connectivity index (χ1v) is 8.70. The average molecular weight is 309 g/mol. The van der Waals surface area contributed by atoms with Crippen molar-refractivity contribution in [2.75, 3.05) is 0 Å². The molecular formula is C21H27NO. The molecule has 0 bridgehead atoms. The van der Waals surface area contributed by atoms with Gasteiger partial charge in [0.05, 0.1) is 6.10 Å². The Kier molecular flexibility index (Phi) is 5.14. The van der Waals surface area contributed by atoms with Gasteiger partial charge < -0.3 is 10.4 Å². The fourth-order valence-corrected chi connectivity index (χ4v) is 3.69. The lowest BCUT2D eigenvalue weighted by Crippen LogP contribution is -2.39. The van der Waals surface area contributed by atoms with E-state index in [0.29, 0.717) is 12.0 Å². The summed E-state index contributed by atoms with van der Waals surface area (Å²) in [4.78, 5) is 0. The molecule has 2 N–H and O–H groups in total. The first kappa shape index (κ1) is 16.2. The highest BCUT2D eigenvalue weighted by Crippen LogP contribution is 2.30. The molecule has 2 aromatic rings. The summed E-state index contributed by atoms with van der Waals surface area (Å²) in [6.07, 6.45) is 2.83. The summed E-state index contributed by atoms with van der Waals surface area (Å²) in [7, 11) is 0. The smallest absolute Gasteiger partial charge is 0.0696 e. The van der Waals surface area contributed by atoms with Crippen molar-refractivity contribution in [2.24, 2.45) is 5.92 Å². The molecule has 2 aromatic carbocycles. The third-order valence-corrected chi connectivity index (χ3v) is 4.76. The molecule has 0 aliphatic heterocycles. The van der Waals surface area contributed by atoms with Gasteiger partial charge in [0.25, 0.3) is 0 Å². The topological polar surface area (TPSA) is 32.3 Å². The second-order valence-corrected chi connectivity index (χ2v) is 7.10. The van der Waals surface area contributed by atoms with Crippen LogP contribution in [0, 0.1) is 5.92 Å². The molecule has 0 spiro atoms. The Morgan fingerprint density at radius 1 is 0.957 bits per heavy atom. The molecule has 3 atom stereocenters. The number of hydrogen-bond donors (Lipinski definition) is 2. The normalized spacial score (nSPS) is 24.3. The summed E-state index contributed by atoms with van der Waals surface area (Å²) in [6, 6.07) is 20.0. The molecular weight excluding hydrogens is 282 g/mol. The highest BCUT2D eigenvalue weighted by atomic mass is 16.3. The van der Waals surface area contributed by atoms with Crippen LogP contribution >= 0.6 is 0 Å². The lowest BCUT2D eigenvalue weighted by Gasteiger charge is -2.19. The van der Waals surface area contributed by atoms with Crippen molar-refractivity contribution in [1.29, 1.82) is 0 Å². The molecule has 3 rings (SSSR count). The van der Waals surface area contributed by atoms with Gasteiger partial charge in [-0.15, -0.1) is 0 Å². The predicted octanol–water partition coefficient (Wildman–Crippen LogP) is 4.03. The number of hydrogen-bond acceptors (Lipinski definition) is 2. The highest BCUT2D eigenvalue weighted by molar-refractivity contribution is 5.63. The van der Waals surface area contributed by atoms with Gasteiger partial charge in [-0.2, -0.15) is 0 Å². The van der Waals surface area contributed by atoms with Crippen molar-refractivity contribution < 1.29 is 5.11 Å². The minimum Gasteiger partial charge on any atom is -0.391 e. The molecule has 0 radical (unpaired) electrons. The summed E-state index contributed by atoms with van der Waals surface area (Å²) < 4.78 is 0. The van der Waals surface area contributed by atoms with E-state index in [0.717, 1.165) is 19.3 Å². The van der Waals surface area contributed by atoms with E-state index in [1.54, 1.807) is 0 Å². The van der Waals surface area contributed by atoms with E-state index in [-0.39, 0.29) is 12.1 Å². The number of aliphatic hydroxyl groups excluding tert-OH is 1. The van der Waals surface area contributed by atoms with E-state index < -0.39 is 0 Å². The maximum absolute atomic E-state index is 10.2. The molecule has 0 saturated heterocycles. The largest absolute Gasteiger partial charge is 0.391 e. The quantitative estimate of drug-likeness (QED) is 0.874. The lowest BCUT2D eigenvalue weighted by atomic mass is 9.96. The van der Waals surface area contributed by atoms with Crippen LogP contribution in [0.1, 0.15) is 32.3 Å². The van der Waals surface area contributed by atoms with Crippen molar-refractivity contribution in [3.63, 3.8) is 0 Å². The number of benzene rings is 2. The van der Waals surface area contributed by atoms with Crippen molar-refractivity contribution in [2.45, 2.75) is 51.3 Å². The molecule has 122 valence electrons. The average Bonchev–Trinajstić information content (AvgIpc) is 2.88. The van der Waals surface area contributed by atoms with Gasteiger partial charge in [0.15, 0.2) is 0 Å². The van der Waals surface area contributed by atoms with Crippen molar-refractivity contribution in [3.8, 4) is 11.1 Å². The number of nitrogens with one attached hydrogen (secondary N) is 1. The maximum Gasteiger partial charge on any atom is 0.0696 e. The molecule has 1 aliphatic rings. The second kappa shape index (κ2) is 7.29. The monoisotopic (exact) mass is 309 g/mol. The van der Waals surface area contributed by atoms with E-state index in [1.807, 2.05) is 6.07 Å². The molecule has 0 heterocycles. The van der Waals surface area contributed by atoms with E-state index in [2.05, 4.69) is 67.7 Å². The molecule has 2 heteroatoms. The van der Waals surface area contributed by atoms with E-state index in [1.165, 1.54) is 16.7 Å². The molecule has 2 nitrogen and oxygen atoms in total. The van der Waals surface area contributed by atoms with Crippen LogP contribution in [0.25, 0.3) is 11.1 Å². The van der Waals surface area contributed by atoms with Gasteiger partial charge in [-0.25, -0.2) is 0 Å². The molecule has 1 fully saturated rings. The van der Waals surface area contributed by atoms with Gasteiger partial charge in [-0.05, 0) is 41.9 Å². The molecule has 0 amide bonds. The standard InChI is InChI=1S/C21H27NO/c1-15(2)22-20-13-17(14-21(20)23)12-16-8-10-19(11-9-16)18-6-4-3-5-7-18/h3-11,15,17,20-23H,12-14H2,1-2H3/t17-,20+,21+/m0/s1. The van der Waals surface area contributed by atoms with Crippen molar-refractivity contribution >= 4 is 0 Å². The van der Waals surface area contributed by atoms with Crippen LogP contribution < -0.4 is 5.32 Å². The summed E-state index contributed by atoms with van der Waals surface area (Å²) in [5.41, 5.74) is 3.89. The first-order valence-electron chi connectivity index (χ1n) is 8.70.